The molecule has 2 rings (SSSR count). The van der Waals surface area contributed by atoms with Gasteiger partial charge in [0.2, 0.25) is 15.9 Å². The Hall–Kier alpha value is -0.620. The summed E-state index contributed by atoms with van der Waals surface area (Å²) in [6, 6.07) is 0.303. The first-order chi connectivity index (χ1) is 8.37. The number of rotatable bonds is 3. The highest BCUT2D eigenvalue weighted by molar-refractivity contribution is 7.89. The third-order valence-electron chi connectivity index (χ3n) is 4.17. The number of nitrogens with two attached hydrogens (primary N) is 1. The van der Waals surface area contributed by atoms with Gasteiger partial charge in [-0.2, -0.15) is 0 Å². The van der Waals surface area contributed by atoms with Crippen LogP contribution in [0.25, 0.3) is 0 Å². The molecule has 0 aromatic rings. The van der Waals surface area contributed by atoms with Crippen molar-refractivity contribution in [2.24, 2.45) is 17.0 Å². The van der Waals surface area contributed by atoms with E-state index < -0.39 is 10.0 Å². The van der Waals surface area contributed by atoms with Crippen molar-refractivity contribution in [1.29, 1.82) is 0 Å². The van der Waals surface area contributed by atoms with Crippen molar-refractivity contribution in [1.82, 2.24) is 4.90 Å². The molecule has 0 bridgehead atoms. The van der Waals surface area contributed by atoms with Gasteiger partial charge in [0.1, 0.15) is 0 Å². The monoisotopic (exact) mass is 274 g/mol. The molecule has 1 saturated heterocycles. The Morgan fingerprint density at radius 2 is 2.00 bits per heavy atom. The number of carbonyl (C=O) groups excluding carboxylic acids is 1. The summed E-state index contributed by atoms with van der Waals surface area (Å²) >= 11 is 0. The molecule has 0 radical (unpaired) electrons. The van der Waals surface area contributed by atoms with Crippen LogP contribution < -0.4 is 5.14 Å². The fraction of sp³-hybridized carbons (Fsp3) is 0.917. The van der Waals surface area contributed by atoms with Gasteiger partial charge in [-0.1, -0.05) is 19.8 Å². The predicted molar refractivity (Wildman–Crippen MR) is 69.2 cm³/mol. The molecule has 1 saturated carbocycles. The minimum atomic E-state index is -3.48. The van der Waals surface area contributed by atoms with Gasteiger partial charge in [-0.05, 0) is 18.8 Å². The van der Waals surface area contributed by atoms with E-state index in [9.17, 15) is 13.2 Å². The summed E-state index contributed by atoms with van der Waals surface area (Å²) in [6.45, 7) is 2.74. The molecule has 1 amide bonds. The van der Waals surface area contributed by atoms with Crippen molar-refractivity contribution in [3.63, 3.8) is 0 Å². The van der Waals surface area contributed by atoms with Crippen LogP contribution in [0.5, 0.6) is 0 Å². The number of amides is 1. The van der Waals surface area contributed by atoms with Gasteiger partial charge in [0.05, 0.1) is 5.75 Å². The molecule has 1 heterocycles. The second kappa shape index (κ2) is 5.17. The normalized spacial score (nSPS) is 34.0. The number of carbonyl (C=O) groups is 1. The maximum Gasteiger partial charge on any atom is 0.223 e. The molecular weight excluding hydrogens is 252 g/mol. The Morgan fingerprint density at radius 1 is 1.33 bits per heavy atom. The van der Waals surface area contributed by atoms with Gasteiger partial charge in [-0.15, -0.1) is 0 Å². The summed E-state index contributed by atoms with van der Waals surface area (Å²) in [5.74, 6) is 0.427. The molecule has 2 aliphatic rings. The maximum atomic E-state index is 12.0. The third kappa shape index (κ3) is 3.23. The zero-order valence-electron chi connectivity index (χ0n) is 10.8. The molecule has 6 heteroatoms. The van der Waals surface area contributed by atoms with Crippen LogP contribution in [0.3, 0.4) is 0 Å². The summed E-state index contributed by atoms with van der Waals surface area (Å²) in [6.07, 6.45) is 4.95. The smallest absolute Gasteiger partial charge is 0.223 e. The van der Waals surface area contributed by atoms with Gasteiger partial charge >= 0.3 is 0 Å². The predicted octanol–water partition coefficient (Wildman–Crippen LogP) is 0.702. The fourth-order valence-electron chi connectivity index (χ4n) is 3.33. The second-order valence-corrected chi connectivity index (χ2v) is 7.43. The van der Waals surface area contributed by atoms with E-state index in [1.165, 1.54) is 12.8 Å². The van der Waals surface area contributed by atoms with Crippen LogP contribution in [0.4, 0.5) is 0 Å². The van der Waals surface area contributed by atoms with Crippen LogP contribution in [-0.2, 0) is 14.8 Å². The molecular formula is C12H22N2O3S. The van der Waals surface area contributed by atoms with Crippen molar-refractivity contribution < 1.29 is 13.2 Å². The number of nitrogens with zero attached hydrogens (tertiary/aromatic N) is 1. The Balaban J connectivity index is 2.00. The first kappa shape index (κ1) is 13.8. The Morgan fingerprint density at radius 3 is 2.61 bits per heavy atom. The highest BCUT2D eigenvalue weighted by Crippen LogP contribution is 2.32. The summed E-state index contributed by atoms with van der Waals surface area (Å²) in [5, 5.41) is 5.05. The minimum Gasteiger partial charge on any atom is -0.339 e. The number of primary sulfonamides is 1. The van der Waals surface area contributed by atoms with Crippen molar-refractivity contribution in [2.45, 2.75) is 45.1 Å². The molecule has 2 N–H and O–H groups in total. The van der Waals surface area contributed by atoms with Crippen molar-refractivity contribution in [2.75, 3.05) is 12.3 Å². The molecule has 0 aromatic heterocycles. The van der Waals surface area contributed by atoms with Gasteiger partial charge < -0.3 is 4.90 Å². The second-order valence-electron chi connectivity index (χ2n) is 5.77. The molecule has 104 valence electrons. The number of hydrogen-bond acceptors (Lipinski definition) is 3. The van der Waals surface area contributed by atoms with Crippen molar-refractivity contribution in [3.05, 3.63) is 0 Å². The first-order valence-corrected chi connectivity index (χ1v) is 8.38. The summed E-state index contributed by atoms with van der Waals surface area (Å²) < 4.78 is 22.2. The van der Waals surface area contributed by atoms with Gasteiger partial charge in [-0.3, -0.25) is 4.79 Å². The molecule has 3 atom stereocenters. The maximum absolute atomic E-state index is 12.0. The zero-order chi connectivity index (χ0) is 13.3. The lowest BCUT2D eigenvalue weighted by atomic mass is 9.85. The van der Waals surface area contributed by atoms with Crippen molar-refractivity contribution >= 4 is 15.9 Å². The fourth-order valence-corrected chi connectivity index (χ4v) is 4.21. The SMILES string of the molecule is CC1CCCCC1N1CC(CS(N)(=O)=O)CC1=O. The van der Waals surface area contributed by atoms with Gasteiger partial charge in [0.15, 0.2) is 0 Å². The highest BCUT2D eigenvalue weighted by atomic mass is 32.2. The van der Waals surface area contributed by atoms with Crippen LogP contribution in [-0.4, -0.2) is 37.6 Å². The average molecular weight is 274 g/mol. The molecule has 18 heavy (non-hydrogen) atoms. The largest absolute Gasteiger partial charge is 0.339 e. The Bertz CT molecular complexity index is 421. The number of hydrogen-bond donors (Lipinski definition) is 1. The van der Waals surface area contributed by atoms with Gasteiger partial charge in [-0.25, -0.2) is 13.6 Å². The van der Waals surface area contributed by atoms with Crippen LogP contribution >= 0.6 is 0 Å². The first-order valence-electron chi connectivity index (χ1n) is 6.67. The lowest BCUT2D eigenvalue weighted by Crippen LogP contribution is -2.42. The van der Waals surface area contributed by atoms with E-state index in [0.29, 0.717) is 24.9 Å². The van der Waals surface area contributed by atoms with E-state index in [2.05, 4.69) is 6.92 Å². The zero-order valence-corrected chi connectivity index (χ0v) is 11.7. The molecule has 3 unspecified atom stereocenters. The Labute approximate surface area is 109 Å². The quantitative estimate of drug-likeness (QED) is 0.822. The highest BCUT2D eigenvalue weighted by Gasteiger charge is 2.38. The van der Waals surface area contributed by atoms with E-state index in [-0.39, 0.29) is 17.6 Å². The van der Waals surface area contributed by atoms with Gasteiger partial charge in [0.25, 0.3) is 0 Å². The summed E-state index contributed by atoms with van der Waals surface area (Å²) in [4.78, 5) is 13.9. The summed E-state index contributed by atoms with van der Waals surface area (Å²) in [7, 11) is -3.48. The standard InChI is InChI=1S/C12H22N2O3S/c1-9-4-2-3-5-11(9)14-7-10(6-12(14)15)8-18(13,16)17/h9-11H,2-8H2,1H3,(H2,13,16,17). The number of sulfonamides is 1. The molecule has 0 aromatic carbocycles. The molecule has 1 aliphatic carbocycles. The van der Waals surface area contributed by atoms with Gasteiger partial charge in [0, 0.05) is 24.9 Å². The average Bonchev–Trinajstić information content (AvgIpc) is 2.57. The molecule has 0 spiro atoms. The van der Waals surface area contributed by atoms with Crippen LogP contribution in [0, 0.1) is 11.8 Å². The van der Waals surface area contributed by atoms with E-state index >= 15 is 0 Å². The van der Waals surface area contributed by atoms with E-state index in [1.807, 2.05) is 4.90 Å². The molecule has 2 fully saturated rings. The van der Waals surface area contributed by atoms with Crippen LogP contribution in [0.2, 0.25) is 0 Å². The number of likely N-dealkylation sites (tertiary alicyclic amines) is 1. The summed E-state index contributed by atoms with van der Waals surface area (Å²) in [5.41, 5.74) is 0. The Kier molecular flexibility index (Phi) is 3.96. The van der Waals surface area contributed by atoms with E-state index in [4.69, 9.17) is 5.14 Å². The van der Waals surface area contributed by atoms with E-state index in [1.54, 1.807) is 0 Å². The topological polar surface area (TPSA) is 80.5 Å². The van der Waals surface area contributed by atoms with E-state index in [0.717, 1.165) is 12.8 Å². The molecule has 5 nitrogen and oxygen atoms in total. The van der Waals surface area contributed by atoms with Crippen LogP contribution in [0.1, 0.15) is 39.0 Å². The lowest BCUT2D eigenvalue weighted by molar-refractivity contribution is -0.131. The minimum absolute atomic E-state index is 0.0731. The van der Waals surface area contributed by atoms with Crippen molar-refractivity contribution in [3.8, 4) is 0 Å². The van der Waals surface area contributed by atoms with Crippen LogP contribution in [0.15, 0.2) is 0 Å². The lowest BCUT2D eigenvalue weighted by Gasteiger charge is -2.36. The molecule has 1 aliphatic heterocycles. The third-order valence-corrected chi connectivity index (χ3v) is 5.11.